The molecule has 0 saturated carbocycles. The van der Waals surface area contributed by atoms with Gasteiger partial charge in [0.15, 0.2) is 6.10 Å². The van der Waals surface area contributed by atoms with E-state index in [4.69, 9.17) is 4.74 Å². The first-order valence-corrected chi connectivity index (χ1v) is 5.58. The minimum atomic E-state index is -1.31. The summed E-state index contributed by atoms with van der Waals surface area (Å²) in [5, 5.41) is 17.4. The Balaban J connectivity index is 2.10. The van der Waals surface area contributed by atoms with Crippen molar-refractivity contribution in [2.24, 2.45) is 10.2 Å². The molecular formula is C13H14N2O3. The number of hydrogen-bond acceptors (Lipinski definition) is 5. The minimum absolute atomic E-state index is 0.489. The number of carbonyl (C=O) groups is 1. The van der Waals surface area contributed by atoms with E-state index in [2.05, 4.69) is 10.2 Å². The molecule has 0 aliphatic carbocycles. The quantitative estimate of drug-likeness (QED) is 0.832. The summed E-state index contributed by atoms with van der Waals surface area (Å²) in [6.07, 6.45) is 0.217. The molecule has 2 atom stereocenters. The highest BCUT2D eigenvalue weighted by Crippen LogP contribution is 2.30. The van der Waals surface area contributed by atoms with Crippen LogP contribution in [-0.2, 0) is 9.53 Å². The second-order valence-corrected chi connectivity index (χ2v) is 4.24. The Kier molecular flexibility index (Phi) is 3.25. The highest BCUT2D eigenvalue weighted by Gasteiger charge is 2.36. The predicted molar refractivity (Wildman–Crippen MR) is 64.5 cm³/mol. The van der Waals surface area contributed by atoms with Crippen LogP contribution in [0, 0.1) is 0 Å². The SMILES string of the molecule is CC1=CN=NC1(C)OC(=O)[C@H](O)c1ccccc1. The summed E-state index contributed by atoms with van der Waals surface area (Å²) in [5.41, 5.74) is 0.103. The van der Waals surface area contributed by atoms with Crippen LogP contribution in [0.2, 0.25) is 0 Å². The molecule has 1 N–H and O–H groups in total. The van der Waals surface area contributed by atoms with Crippen LogP contribution >= 0.6 is 0 Å². The van der Waals surface area contributed by atoms with Gasteiger partial charge in [0, 0.05) is 12.5 Å². The lowest BCUT2D eigenvalue weighted by molar-refractivity contribution is -0.164. The van der Waals surface area contributed by atoms with E-state index in [9.17, 15) is 9.90 Å². The van der Waals surface area contributed by atoms with E-state index in [0.29, 0.717) is 5.56 Å². The second kappa shape index (κ2) is 4.70. The van der Waals surface area contributed by atoms with Crippen molar-refractivity contribution in [1.29, 1.82) is 0 Å². The fourth-order valence-corrected chi connectivity index (χ4v) is 1.55. The number of aliphatic hydroxyl groups is 1. The van der Waals surface area contributed by atoms with Crippen molar-refractivity contribution in [3.8, 4) is 0 Å². The number of benzene rings is 1. The zero-order valence-corrected chi connectivity index (χ0v) is 10.2. The smallest absolute Gasteiger partial charge is 0.342 e. The van der Waals surface area contributed by atoms with Crippen molar-refractivity contribution < 1.29 is 14.6 Å². The Morgan fingerprint density at radius 2 is 2.06 bits per heavy atom. The number of carbonyl (C=O) groups excluding carboxylic acids is 1. The maximum Gasteiger partial charge on any atom is 0.342 e. The average molecular weight is 246 g/mol. The number of azo groups is 1. The third-order valence-electron chi connectivity index (χ3n) is 2.87. The Morgan fingerprint density at radius 3 is 2.61 bits per heavy atom. The van der Waals surface area contributed by atoms with Crippen molar-refractivity contribution in [3.05, 3.63) is 47.7 Å². The summed E-state index contributed by atoms with van der Waals surface area (Å²) in [5.74, 6) is -0.739. The molecule has 94 valence electrons. The molecule has 0 bridgehead atoms. The molecule has 1 aliphatic rings. The largest absolute Gasteiger partial charge is 0.429 e. The molecule has 5 heteroatoms. The van der Waals surface area contributed by atoms with Gasteiger partial charge < -0.3 is 9.84 Å². The van der Waals surface area contributed by atoms with Crippen LogP contribution < -0.4 is 0 Å². The fraction of sp³-hybridized carbons (Fsp3) is 0.308. The molecule has 5 nitrogen and oxygen atoms in total. The monoisotopic (exact) mass is 246 g/mol. The van der Waals surface area contributed by atoms with Crippen LogP contribution in [0.4, 0.5) is 0 Å². The molecule has 0 spiro atoms. The maximum absolute atomic E-state index is 11.8. The first-order valence-electron chi connectivity index (χ1n) is 5.58. The fourth-order valence-electron chi connectivity index (χ4n) is 1.55. The Hall–Kier alpha value is -2.01. The van der Waals surface area contributed by atoms with Crippen LogP contribution in [0.15, 0.2) is 52.3 Å². The third-order valence-corrected chi connectivity index (χ3v) is 2.87. The van der Waals surface area contributed by atoms with Gasteiger partial charge in [-0.1, -0.05) is 30.3 Å². The number of esters is 1. The lowest BCUT2D eigenvalue weighted by atomic mass is 10.1. The number of aliphatic hydroxyl groups excluding tert-OH is 1. The molecule has 0 aromatic heterocycles. The van der Waals surface area contributed by atoms with Gasteiger partial charge in [0.25, 0.3) is 0 Å². The molecular weight excluding hydrogens is 232 g/mol. The van der Waals surface area contributed by atoms with Gasteiger partial charge in [-0.05, 0) is 12.5 Å². The van der Waals surface area contributed by atoms with E-state index in [1.165, 1.54) is 6.20 Å². The van der Waals surface area contributed by atoms with E-state index in [1.807, 2.05) is 0 Å². The standard InChI is InChI=1S/C13H14N2O3/c1-9-8-14-15-13(9,2)18-12(17)11(16)10-6-4-3-5-7-10/h3-8,11,16H,1-2H3/t11-,13?/m1/s1. The van der Waals surface area contributed by atoms with Crippen LogP contribution in [0.3, 0.4) is 0 Å². The number of rotatable bonds is 3. The molecule has 1 heterocycles. The summed E-state index contributed by atoms with van der Waals surface area (Å²) in [6, 6.07) is 8.61. The normalized spacial score (nSPS) is 23.6. The highest BCUT2D eigenvalue weighted by molar-refractivity contribution is 5.77. The molecule has 0 fully saturated rings. The van der Waals surface area contributed by atoms with Crippen molar-refractivity contribution in [1.82, 2.24) is 0 Å². The third kappa shape index (κ3) is 2.31. The predicted octanol–water partition coefficient (Wildman–Crippen LogP) is 2.35. The van der Waals surface area contributed by atoms with Gasteiger partial charge in [0.1, 0.15) is 0 Å². The summed E-state index contributed by atoms with van der Waals surface area (Å²) in [7, 11) is 0. The van der Waals surface area contributed by atoms with E-state index < -0.39 is 17.8 Å². The van der Waals surface area contributed by atoms with Gasteiger partial charge in [-0.3, -0.25) is 0 Å². The van der Waals surface area contributed by atoms with Crippen molar-refractivity contribution in [3.63, 3.8) is 0 Å². The summed E-state index contributed by atoms with van der Waals surface area (Å²) < 4.78 is 5.21. The van der Waals surface area contributed by atoms with E-state index in [0.717, 1.165) is 5.57 Å². The molecule has 2 rings (SSSR count). The van der Waals surface area contributed by atoms with Crippen LogP contribution in [0.25, 0.3) is 0 Å². The summed E-state index contributed by atoms with van der Waals surface area (Å²) >= 11 is 0. The molecule has 1 aliphatic heterocycles. The number of ether oxygens (including phenoxy) is 1. The van der Waals surface area contributed by atoms with Crippen molar-refractivity contribution in [2.75, 3.05) is 0 Å². The average Bonchev–Trinajstić information content (AvgIpc) is 2.69. The van der Waals surface area contributed by atoms with Gasteiger partial charge in [-0.25, -0.2) is 4.79 Å². The summed E-state index contributed by atoms with van der Waals surface area (Å²) in [6.45, 7) is 3.40. The zero-order chi connectivity index (χ0) is 13.2. The van der Waals surface area contributed by atoms with Gasteiger partial charge >= 0.3 is 5.97 Å². The highest BCUT2D eigenvalue weighted by atomic mass is 16.6. The van der Waals surface area contributed by atoms with Crippen LogP contribution in [0.5, 0.6) is 0 Å². The molecule has 0 amide bonds. The number of nitrogens with zero attached hydrogens (tertiary/aromatic N) is 2. The molecule has 1 aromatic carbocycles. The van der Waals surface area contributed by atoms with Gasteiger partial charge in [0.2, 0.25) is 5.72 Å². The maximum atomic E-state index is 11.8. The van der Waals surface area contributed by atoms with E-state index in [-0.39, 0.29) is 0 Å². The van der Waals surface area contributed by atoms with Gasteiger partial charge in [-0.15, -0.1) is 5.11 Å². The Morgan fingerprint density at radius 1 is 1.39 bits per heavy atom. The molecule has 1 aromatic rings. The summed E-state index contributed by atoms with van der Waals surface area (Å²) in [4.78, 5) is 11.8. The van der Waals surface area contributed by atoms with Gasteiger partial charge in [0.05, 0.1) is 6.20 Å². The lowest BCUT2D eigenvalue weighted by Crippen LogP contribution is -2.31. The first-order chi connectivity index (χ1) is 8.53. The number of hydrogen-bond donors (Lipinski definition) is 1. The van der Waals surface area contributed by atoms with Crippen LogP contribution in [-0.4, -0.2) is 16.8 Å². The molecule has 1 unspecified atom stereocenters. The van der Waals surface area contributed by atoms with Gasteiger partial charge in [-0.2, -0.15) is 5.11 Å². The second-order valence-electron chi connectivity index (χ2n) is 4.24. The first kappa shape index (κ1) is 12.4. The van der Waals surface area contributed by atoms with Crippen LogP contribution in [0.1, 0.15) is 25.5 Å². The zero-order valence-electron chi connectivity index (χ0n) is 10.2. The van der Waals surface area contributed by atoms with Crippen molar-refractivity contribution in [2.45, 2.75) is 25.7 Å². The van der Waals surface area contributed by atoms with E-state index in [1.54, 1.807) is 44.2 Å². The van der Waals surface area contributed by atoms with E-state index >= 15 is 0 Å². The Labute approximate surface area is 105 Å². The molecule has 0 saturated heterocycles. The van der Waals surface area contributed by atoms with Crippen molar-refractivity contribution >= 4 is 5.97 Å². The molecule has 18 heavy (non-hydrogen) atoms. The topological polar surface area (TPSA) is 71.2 Å². The molecule has 0 radical (unpaired) electrons. The Bertz CT molecular complexity index is 510. The minimum Gasteiger partial charge on any atom is -0.429 e. The lowest BCUT2D eigenvalue weighted by Gasteiger charge is -2.23.